The minimum Gasteiger partial charge on any atom is -0.207 e. The van der Waals surface area contributed by atoms with Crippen LogP contribution in [0.5, 0.6) is 0 Å². The van der Waals surface area contributed by atoms with Crippen molar-refractivity contribution in [3.05, 3.63) is 155 Å². The molecule has 0 aromatic heterocycles. The fourth-order valence-corrected chi connectivity index (χ4v) is 8.47. The molecule has 0 N–H and O–H groups in total. The molecule has 2 aliphatic carbocycles. The zero-order valence-electron chi connectivity index (χ0n) is 26.3. The first-order chi connectivity index (χ1) is 22.1. The Morgan fingerprint density at radius 3 is 1.11 bits per heavy atom. The van der Waals surface area contributed by atoms with Crippen molar-refractivity contribution in [3.8, 4) is 44.5 Å². The molecule has 0 atom stereocenters. The van der Waals surface area contributed by atoms with E-state index in [4.69, 9.17) is 0 Å². The van der Waals surface area contributed by atoms with E-state index in [-0.39, 0.29) is 22.5 Å². The lowest BCUT2D eigenvalue weighted by atomic mass is 9.78. The molecule has 0 bridgehead atoms. The zero-order chi connectivity index (χ0) is 31.5. The van der Waals surface area contributed by atoms with Crippen LogP contribution in [-0.2, 0) is 10.8 Å². The summed E-state index contributed by atoms with van der Waals surface area (Å²) in [5.74, 6) is -0.510. The van der Waals surface area contributed by atoms with Crippen LogP contribution in [0.1, 0.15) is 49.9 Å². The van der Waals surface area contributed by atoms with Crippen molar-refractivity contribution in [2.24, 2.45) is 0 Å². The predicted molar refractivity (Wildman–Crippen MR) is 187 cm³/mol. The molecule has 7 aromatic carbocycles. The molecule has 0 radical (unpaired) electrons. The molecule has 0 nitrogen and oxygen atoms in total. The lowest BCUT2D eigenvalue weighted by Gasteiger charge is -2.25. The molecule has 0 heterocycles. The lowest BCUT2D eigenvalue weighted by Crippen LogP contribution is -2.15. The van der Waals surface area contributed by atoms with Crippen LogP contribution in [0, 0.1) is 11.6 Å². The highest BCUT2D eigenvalue weighted by Crippen LogP contribution is 2.56. The van der Waals surface area contributed by atoms with Crippen LogP contribution in [0.15, 0.2) is 121 Å². The Balaban J connectivity index is 1.52. The van der Waals surface area contributed by atoms with Gasteiger partial charge in [0.2, 0.25) is 0 Å². The molecule has 2 aliphatic rings. The molecule has 7 aromatic rings. The van der Waals surface area contributed by atoms with Crippen molar-refractivity contribution in [1.82, 2.24) is 0 Å². The van der Waals surface area contributed by atoms with Gasteiger partial charge in [-0.1, -0.05) is 100 Å². The third kappa shape index (κ3) is 3.59. The molecular formula is C44H32F2. The van der Waals surface area contributed by atoms with E-state index < -0.39 is 0 Å². The van der Waals surface area contributed by atoms with E-state index in [1.807, 2.05) is 24.3 Å². The summed E-state index contributed by atoms with van der Waals surface area (Å²) in [5, 5.41) is 4.45. The van der Waals surface area contributed by atoms with Crippen molar-refractivity contribution >= 4 is 21.5 Å². The second-order valence-corrected chi connectivity index (χ2v) is 14.0. The van der Waals surface area contributed by atoms with Crippen molar-refractivity contribution in [1.29, 1.82) is 0 Å². The van der Waals surface area contributed by atoms with Gasteiger partial charge in [-0.15, -0.1) is 0 Å². The summed E-state index contributed by atoms with van der Waals surface area (Å²) >= 11 is 0. The quantitative estimate of drug-likeness (QED) is 0.174. The summed E-state index contributed by atoms with van der Waals surface area (Å²) < 4.78 is 28.8. The Morgan fingerprint density at radius 1 is 0.370 bits per heavy atom. The van der Waals surface area contributed by atoms with Gasteiger partial charge in [-0.2, -0.15) is 0 Å². The Kier molecular flexibility index (Phi) is 5.47. The molecule has 0 saturated heterocycles. The summed E-state index contributed by atoms with van der Waals surface area (Å²) in [5.41, 5.74) is 13.9. The van der Waals surface area contributed by atoms with Crippen molar-refractivity contribution in [2.75, 3.05) is 0 Å². The van der Waals surface area contributed by atoms with Crippen LogP contribution in [0.4, 0.5) is 8.78 Å². The van der Waals surface area contributed by atoms with E-state index in [0.29, 0.717) is 0 Å². The van der Waals surface area contributed by atoms with Crippen LogP contribution < -0.4 is 0 Å². The normalized spacial score (nSPS) is 15.1. The SMILES string of the molecule is CC1(C)c2ccccc2-c2cc3c(-c4ccc(F)cc4)c4cc5c(cc4c(-c4ccc(F)cc4)c3cc21)C(C)(C)c1ccccc1-5. The van der Waals surface area contributed by atoms with Crippen molar-refractivity contribution < 1.29 is 8.78 Å². The molecule has 0 unspecified atom stereocenters. The highest BCUT2D eigenvalue weighted by Gasteiger charge is 2.38. The maximum Gasteiger partial charge on any atom is 0.123 e. The van der Waals surface area contributed by atoms with Crippen LogP contribution in [0.3, 0.4) is 0 Å². The van der Waals surface area contributed by atoms with Gasteiger partial charge < -0.3 is 0 Å². The predicted octanol–water partition coefficient (Wildman–Crippen LogP) is 12.2. The Labute approximate surface area is 268 Å². The largest absolute Gasteiger partial charge is 0.207 e. The van der Waals surface area contributed by atoms with Crippen LogP contribution in [-0.4, -0.2) is 0 Å². The van der Waals surface area contributed by atoms with Gasteiger partial charge in [-0.3, -0.25) is 0 Å². The Hall–Kier alpha value is -5.08. The molecule has 0 saturated carbocycles. The molecule has 0 aliphatic heterocycles. The van der Waals surface area contributed by atoms with Gasteiger partial charge in [0, 0.05) is 10.8 Å². The van der Waals surface area contributed by atoms with Crippen LogP contribution in [0.2, 0.25) is 0 Å². The van der Waals surface area contributed by atoms with E-state index in [9.17, 15) is 8.78 Å². The summed E-state index contributed by atoms with van der Waals surface area (Å²) in [6.07, 6.45) is 0. The summed E-state index contributed by atoms with van der Waals surface area (Å²) in [7, 11) is 0. The number of hydrogen-bond donors (Lipinski definition) is 0. The summed E-state index contributed by atoms with van der Waals surface area (Å²) in [6.45, 7) is 9.20. The number of benzene rings is 7. The van der Waals surface area contributed by atoms with Crippen LogP contribution >= 0.6 is 0 Å². The molecule has 0 amide bonds. The fourth-order valence-electron chi connectivity index (χ4n) is 8.47. The molecule has 9 rings (SSSR count). The average Bonchev–Trinajstić information content (AvgIpc) is 3.42. The summed E-state index contributed by atoms with van der Waals surface area (Å²) in [6, 6.07) is 40.7. The third-order valence-electron chi connectivity index (χ3n) is 10.8. The van der Waals surface area contributed by atoms with E-state index in [2.05, 4.69) is 100 Å². The average molecular weight is 599 g/mol. The topological polar surface area (TPSA) is 0 Å². The monoisotopic (exact) mass is 598 g/mol. The standard InChI is InChI=1S/C44H32F2/c1-43(2)37-11-7-5-9-29(37)31-21-33-35(23-39(31)43)42(26-15-19-28(46)20-16-26)36-24-40-32(30-10-6-8-12-38(30)44(40,3)4)22-34(36)41(33)25-13-17-27(45)18-14-25/h5-24H,1-4H3. The first-order valence-corrected chi connectivity index (χ1v) is 16.0. The Bertz CT molecular complexity index is 2280. The smallest absolute Gasteiger partial charge is 0.123 e. The first kappa shape index (κ1) is 27.2. The third-order valence-corrected chi connectivity index (χ3v) is 10.8. The Morgan fingerprint density at radius 2 is 0.717 bits per heavy atom. The number of fused-ring (bicyclic) bond motifs is 8. The first-order valence-electron chi connectivity index (χ1n) is 16.0. The van der Waals surface area contributed by atoms with E-state index in [1.54, 1.807) is 24.3 Å². The molecule has 46 heavy (non-hydrogen) atoms. The van der Waals surface area contributed by atoms with Crippen molar-refractivity contribution in [3.63, 3.8) is 0 Å². The van der Waals surface area contributed by atoms with E-state index >= 15 is 0 Å². The minimum absolute atomic E-state index is 0.188. The van der Waals surface area contributed by atoms with Gasteiger partial charge in [-0.25, -0.2) is 8.78 Å². The number of halogens is 2. The second-order valence-electron chi connectivity index (χ2n) is 14.0. The van der Waals surface area contributed by atoms with E-state index in [1.165, 1.54) is 44.5 Å². The minimum atomic E-state index is -0.256. The van der Waals surface area contributed by atoms with Gasteiger partial charge in [0.15, 0.2) is 0 Å². The summed E-state index contributed by atoms with van der Waals surface area (Å²) in [4.78, 5) is 0. The van der Waals surface area contributed by atoms with E-state index in [0.717, 1.165) is 43.8 Å². The molecule has 222 valence electrons. The molecule has 2 heteroatoms. The van der Waals surface area contributed by atoms with Gasteiger partial charge in [-0.05, 0) is 137 Å². The maximum absolute atomic E-state index is 14.4. The second kappa shape index (κ2) is 9.23. The van der Waals surface area contributed by atoms with Gasteiger partial charge in [0.25, 0.3) is 0 Å². The molecule has 0 spiro atoms. The zero-order valence-corrected chi connectivity index (χ0v) is 26.3. The molecule has 0 fully saturated rings. The molecular weight excluding hydrogens is 566 g/mol. The van der Waals surface area contributed by atoms with Gasteiger partial charge >= 0.3 is 0 Å². The highest BCUT2D eigenvalue weighted by atomic mass is 19.1. The highest BCUT2D eigenvalue weighted by molar-refractivity contribution is 6.23. The van der Waals surface area contributed by atoms with Gasteiger partial charge in [0.05, 0.1) is 0 Å². The maximum atomic E-state index is 14.4. The van der Waals surface area contributed by atoms with Crippen molar-refractivity contribution in [2.45, 2.75) is 38.5 Å². The number of rotatable bonds is 2. The van der Waals surface area contributed by atoms with Crippen LogP contribution in [0.25, 0.3) is 66.1 Å². The number of hydrogen-bond acceptors (Lipinski definition) is 0. The lowest BCUT2D eigenvalue weighted by molar-refractivity contribution is 0.627. The fraction of sp³-hybridized carbons (Fsp3) is 0.136. The van der Waals surface area contributed by atoms with Gasteiger partial charge in [0.1, 0.15) is 11.6 Å².